The number of carbonyl (C=O) groups excluding carboxylic acids is 2. The van der Waals surface area contributed by atoms with Crippen LogP contribution in [0.25, 0.3) is 0 Å². The number of benzene rings is 1. The van der Waals surface area contributed by atoms with Crippen molar-refractivity contribution in [2.75, 3.05) is 50.7 Å². The Morgan fingerprint density at radius 3 is 2.20 bits per heavy atom. The second kappa shape index (κ2) is 9.34. The number of piperidine rings is 1. The van der Waals surface area contributed by atoms with E-state index >= 15 is 0 Å². The van der Waals surface area contributed by atoms with Crippen LogP contribution in [0.3, 0.4) is 0 Å². The minimum Gasteiger partial charge on any atom is -0.338 e. The van der Waals surface area contributed by atoms with E-state index < -0.39 is 0 Å². The number of nitrogens with zero attached hydrogens (tertiary/aromatic N) is 5. The Morgan fingerprint density at radius 1 is 0.933 bits per heavy atom. The van der Waals surface area contributed by atoms with Crippen molar-refractivity contribution >= 4 is 17.6 Å². The number of likely N-dealkylation sites (tertiary alicyclic amines) is 1. The number of amides is 1. The molecule has 2 aliphatic heterocycles. The number of anilines is 1. The van der Waals surface area contributed by atoms with Gasteiger partial charge in [0.25, 0.3) is 0 Å². The molecule has 1 aromatic carbocycles. The lowest BCUT2D eigenvalue weighted by Crippen LogP contribution is -2.52. The summed E-state index contributed by atoms with van der Waals surface area (Å²) >= 11 is 0. The molecule has 2 aliphatic rings. The highest BCUT2D eigenvalue weighted by molar-refractivity contribution is 5.98. The van der Waals surface area contributed by atoms with Crippen molar-refractivity contribution in [2.45, 2.75) is 19.8 Å². The number of hydrogen-bond acceptors (Lipinski definition) is 6. The maximum atomic E-state index is 12.7. The predicted octanol–water partition coefficient (Wildman–Crippen LogP) is 2.03. The van der Waals surface area contributed by atoms with Gasteiger partial charge < -0.3 is 9.80 Å². The molecule has 0 bridgehead atoms. The van der Waals surface area contributed by atoms with Crippen LogP contribution in [0.15, 0.2) is 42.7 Å². The van der Waals surface area contributed by atoms with Crippen molar-refractivity contribution in [1.29, 1.82) is 0 Å². The van der Waals surface area contributed by atoms with Crippen LogP contribution in [0, 0.1) is 12.8 Å². The molecule has 2 fully saturated rings. The Labute approximate surface area is 177 Å². The summed E-state index contributed by atoms with van der Waals surface area (Å²) in [4.78, 5) is 40.3. The molecule has 0 saturated carbocycles. The maximum Gasteiger partial charge on any atom is 0.236 e. The SMILES string of the molecule is Cc1ccc(C(=O)C2CCN(CC(=O)N3CCN(c4ncccn4)CC3)CC2)cc1. The number of carbonyl (C=O) groups is 2. The summed E-state index contributed by atoms with van der Waals surface area (Å²) in [5.74, 6) is 1.20. The number of aromatic nitrogens is 2. The van der Waals surface area contributed by atoms with Crippen LogP contribution in [0.1, 0.15) is 28.8 Å². The van der Waals surface area contributed by atoms with Crippen LogP contribution in [0.4, 0.5) is 5.95 Å². The number of rotatable bonds is 5. The van der Waals surface area contributed by atoms with Crippen LogP contribution < -0.4 is 4.90 Å². The van der Waals surface area contributed by atoms with E-state index in [2.05, 4.69) is 19.8 Å². The Morgan fingerprint density at radius 2 is 1.57 bits per heavy atom. The third kappa shape index (κ3) is 4.84. The van der Waals surface area contributed by atoms with Gasteiger partial charge in [0.2, 0.25) is 11.9 Å². The number of ketones is 1. The summed E-state index contributed by atoms with van der Waals surface area (Å²) in [5.41, 5.74) is 1.97. The normalized spacial score (nSPS) is 18.4. The van der Waals surface area contributed by atoms with E-state index in [1.807, 2.05) is 36.1 Å². The van der Waals surface area contributed by atoms with Gasteiger partial charge in [-0.15, -0.1) is 0 Å². The molecular weight excluding hydrogens is 378 g/mol. The predicted molar refractivity (Wildman–Crippen MR) is 115 cm³/mol. The molecular formula is C23H29N5O2. The second-order valence-corrected chi connectivity index (χ2v) is 8.20. The molecule has 0 radical (unpaired) electrons. The van der Waals surface area contributed by atoms with Crippen molar-refractivity contribution in [3.63, 3.8) is 0 Å². The molecule has 0 aliphatic carbocycles. The molecule has 0 spiro atoms. The summed E-state index contributed by atoms with van der Waals surface area (Å²) in [6, 6.07) is 9.64. The zero-order valence-electron chi connectivity index (χ0n) is 17.5. The summed E-state index contributed by atoms with van der Waals surface area (Å²) in [5, 5.41) is 0. The van der Waals surface area contributed by atoms with Crippen LogP contribution in [0.5, 0.6) is 0 Å². The molecule has 30 heavy (non-hydrogen) atoms. The average molecular weight is 408 g/mol. The van der Waals surface area contributed by atoms with E-state index in [9.17, 15) is 9.59 Å². The van der Waals surface area contributed by atoms with Gasteiger partial charge in [0.1, 0.15) is 0 Å². The van der Waals surface area contributed by atoms with Crippen molar-refractivity contribution < 1.29 is 9.59 Å². The molecule has 2 aromatic rings. The van der Waals surface area contributed by atoms with Crippen molar-refractivity contribution in [2.24, 2.45) is 5.92 Å². The topological polar surface area (TPSA) is 69.6 Å². The lowest BCUT2D eigenvalue weighted by molar-refractivity contribution is -0.133. The van der Waals surface area contributed by atoms with Gasteiger partial charge in [-0.25, -0.2) is 9.97 Å². The highest BCUT2D eigenvalue weighted by Crippen LogP contribution is 2.22. The molecule has 7 nitrogen and oxygen atoms in total. The molecule has 1 amide bonds. The standard InChI is InChI=1S/C23H29N5O2/c1-18-3-5-19(6-4-18)22(30)20-7-11-26(12-8-20)17-21(29)27-13-15-28(16-14-27)23-24-9-2-10-25-23/h2-6,9-10,20H,7-8,11-17H2,1H3. The molecule has 7 heteroatoms. The molecule has 1 aromatic heterocycles. The van der Waals surface area contributed by atoms with Gasteiger partial charge in [0.15, 0.2) is 5.78 Å². The monoisotopic (exact) mass is 407 g/mol. The summed E-state index contributed by atoms with van der Waals surface area (Å²) in [7, 11) is 0. The second-order valence-electron chi connectivity index (χ2n) is 8.20. The first-order valence-electron chi connectivity index (χ1n) is 10.7. The van der Waals surface area contributed by atoms with E-state index in [0.29, 0.717) is 19.6 Å². The van der Waals surface area contributed by atoms with Crippen LogP contribution in [-0.2, 0) is 4.79 Å². The highest BCUT2D eigenvalue weighted by Gasteiger charge is 2.28. The number of piperazine rings is 1. The van der Waals surface area contributed by atoms with Crippen LogP contribution in [0.2, 0.25) is 0 Å². The summed E-state index contributed by atoms with van der Waals surface area (Å²) in [6.45, 7) is 6.95. The van der Waals surface area contributed by atoms with Crippen molar-refractivity contribution in [3.05, 3.63) is 53.9 Å². The average Bonchev–Trinajstić information content (AvgIpc) is 2.80. The first-order valence-corrected chi connectivity index (χ1v) is 10.7. The van der Waals surface area contributed by atoms with E-state index in [1.165, 1.54) is 0 Å². The van der Waals surface area contributed by atoms with E-state index in [1.54, 1.807) is 18.5 Å². The minimum atomic E-state index is 0.0634. The van der Waals surface area contributed by atoms with Gasteiger partial charge in [-0.1, -0.05) is 29.8 Å². The third-order valence-electron chi connectivity index (χ3n) is 6.12. The Hall–Kier alpha value is -2.80. The minimum absolute atomic E-state index is 0.0634. The summed E-state index contributed by atoms with van der Waals surface area (Å²) in [6.07, 6.45) is 5.12. The number of Topliss-reactive ketones (excluding diaryl/α,β-unsaturated/α-hetero) is 1. The van der Waals surface area contributed by atoms with Crippen molar-refractivity contribution in [3.8, 4) is 0 Å². The van der Waals surface area contributed by atoms with Gasteiger partial charge in [0.05, 0.1) is 6.54 Å². The fourth-order valence-corrected chi connectivity index (χ4v) is 4.21. The Kier molecular flexibility index (Phi) is 6.38. The largest absolute Gasteiger partial charge is 0.338 e. The van der Waals surface area contributed by atoms with Gasteiger partial charge in [-0.2, -0.15) is 0 Å². The zero-order valence-corrected chi connectivity index (χ0v) is 17.5. The highest BCUT2D eigenvalue weighted by atomic mass is 16.2. The van der Waals surface area contributed by atoms with E-state index in [-0.39, 0.29) is 17.6 Å². The van der Waals surface area contributed by atoms with Gasteiger partial charge in [-0.05, 0) is 38.9 Å². The molecule has 4 rings (SSSR count). The lowest BCUT2D eigenvalue weighted by Gasteiger charge is -2.37. The fraction of sp³-hybridized carbons (Fsp3) is 0.478. The molecule has 2 saturated heterocycles. The Balaban J connectivity index is 1.22. The molecule has 158 valence electrons. The number of aryl methyl sites for hydroxylation is 1. The maximum absolute atomic E-state index is 12.7. The van der Waals surface area contributed by atoms with Gasteiger partial charge >= 0.3 is 0 Å². The summed E-state index contributed by atoms with van der Waals surface area (Å²) < 4.78 is 0. The first kappa shape index (κ1) is 20.5. The number of hydrogen-bond donors (Lipinski definition) is 0. The van der Waals surface area contributed by atoms with Gasteiger partial charge in [0, 0.05) is 50.1 Å². The molecule has 0 atom stereocenters. The van der Waals surface area contributed by atoms with Crippen molar-refractivity contribution in [1.82, 2.24) is 19.8 Å². The van der Waals surface area contributed by atoms with Crippen LogP contribution in [-0.4, -0.2) is 77.3 Å². The fourth-order valence-electron chi connectivity index (χ4n) is 4.21. The van der Waals surface area contributed by atoms with E-state index in [4.69, 9.17) is 0 Å². The first-order chi connectivity index (χ1) is 14.6. The molecule has 3 heterocycles. The quantitative estimate of drug-likeness (QED) is 0.707. The zero-order chi connectivity index (χ0) is 20.9. The lowest BCUT2D eigenvalue weighted by atomic mass is 9.88. The van der Waals surface area contributed by atoms with Crippen LogP contribution >= 0.6 is 0 Å². The molecule has 0 unspecified atom stereocenters. The van der Waals surface area contributed by atoms with E-state index in [0.717, 1.165) is 56.1 Å². The molecule has 0 N–H and O–H groups in total. The Bertz CT molecular complexity index is 855. The smallest absolute Gasteiger partial charge is 0.236 e. The third-order valence-corrected chi connectivity index (χ3v) is 6.12. The van der Waals surface area contributed by atoms with Gasteiger partial charge in [-0.3, -0.25) is 14.5 Å².